The molecule has 2 rings (SSSR count). The van der Waals surface area contributed by atoms with Gasteiger partial charge in [-0.25, -0.2) is 0 Å². The lowest BCUT2D eigenvalue weighted by Gasteiger charge is -2.13. The number of carbonyl (C=O) groups is 1. The number of hydrogen-bond donors (Lipinski definition) is 2. The van der Waals surface area contributed by atoms with Gasteiger partial charge in [0.2, 0.25) is 0 Å². The normalized spacial score (nSPS) is 10.0. The Hall–Kier alpha value is -2.40. The summed E-state index contributed by atoms with van der Waals surface area (Å²) in [5, 5.41) is 6.03. The minimum atomic E-state index is -0.271. The Morgan fingerprint density at radius 2 is 1.79 bits per heavy atom. The van der Waals surface area contributed by atoms with Gasteiger partial charge in [0, 0.05) is 6.54 Å². The average Bonchev–Trinajstić information content (AvgIpc) is 2.61. The first-order chi connectivity index (χ1) is 11.7. The second-order valence-corrected chi connectivity index (χ2v) is 5.73. The van der Waals surface area contributed by atoms with E-state index in [9.17, 15) is 4.79 Å². The first-order valence-electron chi connectivity index (χ1n) is 8.05. The van der Waals surface area contributed by atoms with E-state index >= 15 is 0 Å². The molecule has 0 atom stereocenters. The van der Waals surface area contributed by atoms with Gasteiger partial charge in [-0.2, -0.15) is 0 Å². The molecule has 0 saturated heterocycles. The maximum Gasteiger partial charge on any atom is 0.261 e. The number of hydrogen-bond acceptors (Lipinski definition) is 3. The van der Waals surface area contributed by atoms with Crippen LogP contribution in [0.3, 0.4) is 0 Å². The topological polar surface area (TPSA) is 50.4 Å². The molecule has 0 spiro atoms. The van der Waals surface area contributed by atoms with Gasteiger partial charge in [0.1, 0.15) is 5.75 Å². The van der Waals surface area contributed by atoms with E-state index in [-0.39, 0.29) is 5.91 Å². The van der Waals surface area contributed by atoms with Gasteiger partial charge in [-0.15, -0.1) is 0 Å². The van der Waals surface area contributed by atoms with Crippen LogP contribution in [0.25, 0.3) is 0 Å². The third-order valence-electron chi connectivity index (χ3n) is 3.41. The lowest BCUT2D eigenvalue weighted by molar-refractivity contribution is 0.0972. The molecule has 0 aromatic heterocycles. The molecule has 0 aliphatic rings. The van der Waals surface area contributed by atoms with Crippen molar-refractivity contribution in [3.8, 4) is 5.75 Å². The Morgan fingerprint density at radius 1 is 1.08 bits per heavy atom. The van der Waals surface area contributed by atoms with Gasteiger partial charge in [-0.1, -0.05) is 55.8 Å². The molecule has 0 radical (unpaired) electrons. The summed E-state index contributed by atoms with van der Waals surface area (Å²) in [4.78, 5) is 12.4. The minimum absolute atomic E-state index is 0.271. The van der Waals surface area contributed by atoms with Gasteiger partial charge in [0.25, 0.3) is 5.91 Å². The largest absolute Gasteiger partial charge is 0.493 e. The molecule has 24 heavy (non-hydrogen) atoms. The lowest BCUT2D eigenvalue weighted by atomic mass is 10.2. The second kappa shape index (κ2) is 9.67. The van der Waals surface area contributed by atoms with E-state index in [2.05, 4.69) is 17.6 Å². The number of para-hydroxylation sites is 1. The predicted molar refractivity (Wildman–Crippen MR) is 100 cm³/mol. The van der Waals surface area contributed by atoms with E-state index in [1.165, 1.54) is 0 Å². The van der Waals surface area contributed by atoms with E-state index in [1.54, 1.807) is 12.1 Å². The maximum atomic E-state index is 12.4. The van der Waals surface area contributed by atoms with Crippen molar-refractivity contribution in [1.29, 1.82) is 0 Å². The highest BCUT2D eigenvalue weighted by atomic mass is 32.1. The highest BCUT2D eigenvalue weighted by Gasteiger charge is 2.13. The number of thiocarbonyl (C=S) groups is 1. The fraction of sp³-hybridized carbons (Fsp3) is 0.263. The van der Waals surface area contributed by atoms with E-state index in [0.29, 0.717) is 29.6 Å². The lowest BCUT2D eigenvalue weighted by Crippen LogP contribution is -2.39. The molecule has 2 aromatic carbocycles. The van der Waals surface area contributed by atoms with Gasteiger partial charge in [-0.3, -0.25) is 10.1 Å². The van der Waals surface area contributed by atoms with Crippen molar-refractivity contribution >= 4 is 23.2 Å². The van der Waals surface area contributed by atoms with E-state index < -0.39 is 0 Å². The number of nitrogens with one attached hydrogen (secondary N) is 2. The number of unbranched alkanes of at least 4 members (excludes halogenated alkanes) is 1. The molecule has 4 nitrogen and oxygen atoms in total. The molecular formula is C19H22N2O2S. The molecule has 5 heteroatoms. The van der Waals surface area contributed by atoms with Crippen molar-refractivity contribution in [2.45, 2.75) is 26.3 Å². The summed E-state index contributed by atoms with van der Waals surface area (Å²) >= 11 is 5.20. The summed E-state index contributed by atoms with van der Waals surface area (Å²) < 4.78 is 5.69. The van der Waals surface area contributed by atoms with Crippen molar-refractivity contribution in [3.63, 3.8) is 0 Å². The molecule has 0 aliphatic carbocycles. The Bertz CT molecular complexity index is 674. The van der Waals surface area contributed by atoms with Crippen LogP contribution < -0.4 is 15.4 Å². The summed E-state index contributed by atoms with van der Waals surface area (Å²) in [6.45, 7) is 3.25. The number of benzene rings is 2. The van der Waals surface area contributed by atoms with Crippen LogP contribution in [-0.4, -0.2) is 17.6 Å². The Kier molecular flexibility index (Phi) is 7.23. The van der Waals surface area contributed by atoms with Gasteiger partial charge in [0.05, 0.1) is 12.2 Å². The fourth-order valence-corrected chi connectivity index (χ4v) is 2.26. The molecule has 2 N–H and O–H groups in total. The molecule has 0 aliphatic heterocycles. The van der Waals surface area contributed by atoms with Crippen LogP contribution in [0.4, 0.5) is 0 Å². The number of amides is 1. The van der Waals surface area contributed by atoms with Crippen molar-refractivity contribution in [2.75, 3.05) is 6.61 Å². The first-order valence-corrected chi connectivity index (χ1v) is 8.46. The zero-order chi connectivity index (χ0) is 17.2. The molecule has 0 heterocycles. The number of rotatable bonds is 7. The molecule has 126 valence electrons. The smallest absolute Gasteiger partial charge is 0.261 e. The van der Waals surface area contributed by atoms with E-state index in [4.69, 9.17) is 17.0 Å². The van der Waals surface area contributed by atoms with Crippen LogP contribution in [0.15, 0.2) is 54.6 Å². The number of ether oxygens (including phenoxy) is 1. The van der Waals surface area contributed by atoms with Gasteiger partial charge in [0.15, 0.2) is 5.11 Å². The van der Waals surface area contributed by atoms with E-state index in [1.807, 2.05) is 42.5 Å². The van der Waals surface area contributed by atoms with Crippen molar-refractivity contribution in [2.24, 2.45) is 0 Å². The quantitative estimate of drug-likeness (QED) is 0.595. The molecule has 1 amide bonds. The maximum absolute atomic E-state index is 12.4. The average molecular weight is 342 g/mol. The standard InChI is InChI=1S/C19H22N2O2S/c1-2-3-13-23-17-12-8-7-11-16(17)18(22)21-19(24)20-14-15-9-5-4-6-10-15/h4-12H,2-3,13-14H2,1H3,(H2,20,21,22,24). The molecule has 2 aromatic rings. The Labute approximate surface area is 148 Å². The Morgan fingerprint density at radius 3 is 2.54 bits per heavy atom. The molecule has 0 unspecified atom stereocenters. The van der Waals surface area contributed by atoms with Crippen LogP contribution in [-0.2, 0) is 6.54 Å². The zero-order valence-electron chi connectivity index (χ0n) is 13.7. The summed E-state index contributed by atoms with van der Waals surface area (Å²) in [5.41, 5.74) is 1.58. The van der Waals surface area contributed by atoms with Gasteiger partial charge < -0.3 is 10.1 Å². The van der Waals surface area contributed by atoms with E-state index in [0.717, 1.165) is 18.4 Å². The second-order valence-electron chi connectivity index (χ2n) is 5.32. The summed E-state index contributed by atoms with van der Waals surface area (Å²) in [5.74, 6) is 0.307. The summed E-state index contributed by atoms with van der Waals surface area (Å²) in [6, 6.07) is 17.1. The van der Waals surface area contributed by atoms with Crippen LogP contribution >= 0.6 is 12.2 Å². The molecular weight excluding hydrogens is 320 g/mol. The minimum Gasteiger partial charge on any atom is -0.493 e. The third-order valence-corrected chi connectivity index (χ3v) is 3.66. The summed E-state index contributed by atoms with van der Waals surface area (Å²) in [6.07, 6.45) is 1.99. The first kappa shape index (κ1) is 17.9. The fourth-order valence-electron chi connectivity index (χ4n) is 2.10. The van der Waals surface area contributed by atoms with Crippen LogP contribution in [0.2, 0.25) is 0 Å². The molecule has 0 fully saturated rings. The van der Waals surface area contributed by atoms with Crippen LogP contribution in [0, 0.1) is 0 Å². The monoisotopic (exact) mass is 342 g/mol. The van der Waals surface area contributed by atoms with Gasteiger partial charge in [-0.05, 0) is 36.3 Å². The zero-order valence-corrected chi connectivity index (χ0v) is 14.6. The SMILES string of the molecule is CCCCOc1ccccc1C(=O)NC(=S)NCc1ccccc1. The number of carbonyl (C=O) groups excluding carboxylic acids is 1. The third kappa shape index (κ3) is 5.66. The summed E-state index contributed by atoms with van der Waals surface area (Å²) in [7, 11) is 0. The Balaban J connectivity index is 1.90. The van der Waals surface area contributed by atoms with Crippen molar-refractivity contribution < 1.29 is 9.53 Å². The molecule has 0 saturated carbocycles. The van der Waals surface area contributed by atoms with Gasteiger partial charge >= 0.3 is 0 Å². The van der Waals surface area contributed by atoms with Crippen LogP contribution in [0.1, 0.15) is 35.7 Å². The highest BCUT2D eigenvalue weighted by molar-refractivity contribution is 7.80. The highest BCUT2D eigenvalue weighted by Crippen LogP contribution is 2.18. The van der Waals surface area contributed by atoms with Crippen molar-refractivity contribution in [3.05, 3.63) is 65.7 Å². The molecule has 0 bridgehead atoms. The van der Waals surface area contributed by atoms with Crippen LogP contribution in [0.5, 0.6) is 5.75 Å². The van der Waals surface area contributed by atoms with Crippen molar-refractivity contribution in [1.82, 2.24) is 10.6 Å². The predicted octanol–water partition coefficient (Wildman–Crippen LogP) is 3.67.